The molecule has 0 radical (unpaired) electrons. The minimum absolute atomic E-state index is 0.0532. The van der Waals surface area contributed by atoms with E-state index in [9.17, 15) is 0 Å². The van der Waals surface area contributed by atoms with Crippen molar-refractivity contribution in [2.75, 3.05) is 19.5 Å². The van der Waals surface area contributed by atoms with Gasteiger partial charge in [-0.1, -0.05) is 54.6 Å². The summed E-state index contributed by atoms with van der Waals surface area (Å²) >= 11 is 5.60. The molecule has 144 valence electrons. The Hall–Kier alpha value is -3.05. The van der Waals surface area contributed by atoms with E-state index in [0.29, 0.717) is 16.6 Å². The fraction of sp³-hybridized carbons (Fsp3) is 0.174. The van der Waals surface area contributed by atoms with Crippen molar-refractivity contribution in [1.82, 2.24) is 5.32 Å². The van der Waals surface area contributed by atoms with Gasteiger partial charge in [-0.25, -0.2) is 0 Å². The van der Waals surface area contributed by atoms with E-state index in [1.54, 1.807) is 14.2 Å². The van der Waals surface area contributed by atoms with Crippen molar-refractivity contribution in [2.24, 2.45) is 0 Å². The maximum absolute atomic E-state index is 5.60. The van der Waals surface area contributed by atoms with E-state index >= 15 is 0 Å². The average Bonchev–Trinajstić information content (AvgIpc) is 2.73. The molecule has 4 nitrogen and oxygen atoms in total. The first-order chi connectivity index (χ1) is 13.6. The van der Waals surface area contributed by atoms with Crippen LogP contribution in [0.1, 0.15) is 22.7 Å². The van der Waals surface area contributed by atoms with Gasteiger partial charge in [-0.3, -0.25) is 0 Å². The van der Waals surface area contributed by atoms with Crippen LogP contribution in [0.25, 0.3) is 0 Å². The Morgan fingerprint density at radius 3 is 2.21 bits per heavy atom. The van der Waals surface area contributed by atoms with Crippen molar-refractivity contribution in [1.29, 1.82) is 0 Å². The molecule has 0 saturated carbocycles. The number of hydrogen-bond acceptors (Lipinski definition) is 3. The molecular formula is C23H24N2O2S. The third kappa shape index (κ3) is 4.61. The molecule has 3 rings (SSSR count). The molecule has 0 aliphatic heterocycles. The van der Waals surface area contributed by atoms with Crippen molar-refractivity contribution < 1.29 is 9.47 Å². The van der Waals surface area contributed by atoms with Crippen LogP contribution in [0.2, 0.25) is 0 Å². The van der Waals surface area contributed by atoms with Crippen LogP contribution in [0.5, 0.6) is 11.5 Å². The third-order valence-electron chi connectivity index (χ3n) is 4.55. The zero-order chi connectivity index (χ0) is 19.9. The zero-order valence-electron chi connectivity index (χ0n) is 16.2. The third-order valence-corrected chi connectivity index (χ3v) is 4.77. The van der Waals surface area contributed by atoms with Gasteiger partial charge in [-0.2, -0.15) is 0 Å². The smallest absolute Gasteiger partial charge is 0.171 e. The Morgan fingerprint density at radius 1 is 0.857 bits per heavy atom. The fourth-order valence-electron chi connectivity index (χ4n) is 3.11. The van der Waals surface area contributed by atoms with Crippen molar-refractivity contribution in [3.8, 4) is 11.5 Å². The molecule has 0 aliphatic carbocycles. The molecule has 0 aromatic heterocycles. The summed E-state index contributed by atoms with van der Waals surface area (Å²) in [6, 6.07) is 24.2. The highest BCUT2D eigenvalue weighted by Crippen LogP contribution is 2.30. The number of anilines is 1. The van der Waals surface area contributed by atoms with Crippen molar-refractivity contribution in [3.63, 3.8) is 0 Å². The molecular weight excluding hydrogens is 368 g/mol. The lowest BCUT2D eigenvalue weighted by Gasteiger charge is -2.23. The molecule has 3 aromatic carbocycles. The molecule has 1 atom stereocenters. The summed E-state index contributed by atoms with van der Waals surface area (Å²) in [7, 11) is 3.23. The van der Waals surface area contributed by atoms with Gasteiger partial charge in [0, 0.05) is 11.8 Å². The van der Waals surface area contributed by atoms with Gasteiger partial charge in [-0.15, -0.1) is 0 Å². The molecule has 0 heterocycles. The largest absolute Gasteiger partial charge is 0.493 e. The molecule has 28 heavy (non-hydrogen) atoms. The molecule has 3 aromatic rings. The minimum atomic E-state index is -0.0532. The normalized spacial score (nSPS) is 11.4. The predicted molar refractivity (Wildman–Crippen MR) is 118 cm³/mol. The Balaban J connectivity index is 1.83. The molecule has 0 saturated heterocycles. The van der Waals surface area contributed by atoms with Crippen LogP contribution in [0, 0.1) is 6.92 Å². The van der Waals surface area contributed by atoms with Crippen LogP contribution in [0.15, 0.2) is 72.8 Å². The number of rotatable bonds is 6. The van der Waals surface area contributed by atoms with Crippen molar-refractivity contribution in [2.45, 2.75) is 13.0 Å². The number of hydrogen-bond donors (Lipinski definition) is 2. The summed E-state index contributed by atoms with van der Waals surface area (Å²) < 4.78 is 10.7. The van der Waals surface area contributed by atoms with Gasteiger partial charge in [0.1, 0.15) is 0 Å². The molecule has 0 aliphatic rings. The molecule has 0 amide bonds. The number of benzene rings is 3. The van der Waals surface area contributed by atoms with E-state index in [-0.39, 0.29) is 6.04 Å². The molecule has 0 bridgehead atoms. The zero-order valence-corrected chi connectivity index (χ0v) is 17.0. The first-order valence-corrected chi connectivity index (χ1v) is 9.43. The SMILES string of the molecule is COc1ccc(NC(=S)N[C@@H](c2ccccc2)c2ccccc2C)cc1OC. The Labute approximate surface area is 171 Å². The maximum atomic E-state index is 5.60. The molecule has 0 fully saturated rings. The summed E-state index contributed by atoms with van der Waals surface area (Å²) in [5.74, 6) is 1.32. The van der Waals surface area contributed by atoms with Crippen LogP contribution in [0.3, 0.4) is 0 Å². The topological polar surface area (TPSA) is 42.5 Å². The molecule has 0 spiro atoms. The highest BCUT2D eigenvalue weighted by Gasteiger charge is 2.17. The van der Waals surface area contributed by atoms with Gasteiger partial charge in [0.25, 0.3) is 0 Å². The van der Waals surface area contributed by atoms with Crippen LogP contribution in [-0.4, -0.2) is 19.3 Å². The van der Waals surface area contributed by atoms with E-state index < -0.39 is 0 Å². The number of nitrogens with one attached hydrogen (secondary N) is 2. The molecule has 5 heteroatoms. The van der Waals surface area contributed by atoms with E-state index in [1.807, 2.05) is 48.5 Å². The lowest BCUT2D eigenvalue weighted by Crippen LogP contribution is -2.33. The van der Waals surface area contributed by atoms with E-state index in [2.05, 4.69) is 41.8 Å². The summed E-state index contributed by atoms with van der Waals surface area (Å²) in [6.07, 6.45) is 0. The predicted octanol–water partition coefficient (Wildman–Crippen LogP) is 5.09. The lowest BCUT2D eigenvalue weighted by atomic mass is 9.95. The van der Waals surface area contributed by atoms with Crippen LogP contribution in [0.4, 0.5) is 5.69 Å². The summed E-state index contributed by atoms with van der Waals surface area (Å²) in [6.45, 7) is 2.11. The van der Waals surface area contributed by atoms with Crippen molar-refractivity contribution in [3.05, 3.63) is 89.5 Å². The number of thiocarbonyl (C=S) groups is 1. The van der Waals surface area contributed by atoms with Gasteiger partial charge in [-0.05, 0) is 48.0 Å². The second-order valence-corrected chi connectivity index (χ2v) is 6.78. The van der Waals surface area contributed by atoms with E-state index in [0.717, 1.165) is 11.3 Å². The minimum Gasteiger partial charge on any atom is -0.493 e. The van der Waals surface area contributed by atoms with Crippen LogP contribution >= 0.6 is 12.2 Å². The van der Waals surface area contributed by atoms with Crippen LogP contribution in [-0.2, 0) is 0 Å². The monoisotopic (exact) mass is 392 g/mol. The van der Waals surface area contributed by atoms with Gasteiger partial charge in [0.05, 0.1) is 20.3 Å². The van der Waals surface area contributed by atoms with Gasteiger partial charge in [0.2, 0.25) is 0 Å². The van der Waals surface area contributed by atoms with Crippen molar-refractivity contribution >= 4 is 23.0 Å². The molecule has 2 N–H and O–H groups in total. The Kier molecular flexibility index (Phi) is 6.50. The number of ether oxygens (including phenoxy) is 2. The highest BCUT2D eigenvalue weighted by molar-refractivity contribution is 7.80. The van der Waals surface area contributed by atoms with E-state index in [4.69, 9.17) is 21.7 Å². The second-order valence-electron chi connectivity index (χ2n) is 6.37. The summed E-state index contributed by atoms with van der Waals surface area (Å²) in [5.41, 5.74) is 4.36. The lowest BCUT2D eigenvalue weighted by molar-refractivity contribution is 0.355. The second kappa shape index (κ2) is 9.24. The maximum Gasteiger partial charge on any atom is 0.171 e. The quantitative estimate of drug-likeness (QED) is 0.572. The summed E-state index contributed by atoms with van der Waals surface area (Å²) in [5, 5.41) is 7.23. The summed E-state index contributed by atoms with van der Waals surface area (Å²) in [4.78, 5) is 0. The van der Waals surface area contributed by atoms with Gasteiger partial charge < -0.3 is 20.1 Å². The Morgan fingerprint density at radius 2 is 1.54 bits per heavy atom. The van der Waals surface area contributed by atoms with Gasteiger partial charge in [0.15, 0.2) is 16.6 Å². The standard InChI is InChI=1S/C23H24N2O2S/c1-16-9-7-8-12-19(16)22(17-10-5-4-6-11-17)25-23(28)24-18-13-14-20(26-2)21(15-18)27-3/h4-15,22H,1-3H3,(H2,24,25,28)/t22-/m0/s1. The van der Waals surface area contributed by atoms with E-state index in [1.165, 1.54) is 11.1 Å². The van der Waals surface area contributed by atoms with Gasteiger partial charge >= 0.3 is 0 Å². The number of methoxy groups -OCH3 is 2. The fourth-order valence-corrected chi connectivity index (χ4v) is 3.34. The first-order valence-electron chi connectivity index (χ1n) is 9.02. The number of aryl methyl sites for hydroxylation is 1. The molecule has 0 unspecified atom stereocenters. The highest BCUT2D eigenvalue weighted by atomic mass is 32.1. The first kappa shape index (κ1) is 19.7. The van der Waals surface area contributed by atoms with Crippen LogP contribution < -0.4 is 20.1 Å². The average molecular weight is 393 g/mol. The Bertz CT molecular complexity index is 944.